The molecule has 0 atom stereocenters. The Morgan fingerprint density at radius 1 is 0.938 bits per heavy atom. The molecule has 1 aliphatic rings. The predicted molar refractivity (Wildman–Crippen MR) is 58.8 cm³/mol. The summed E-state index contributed by atoms with van der Waals surface area (Å²) in [5.74, 6) is -0.410. The van der Waals surface area contributed by atoms with Crippen molar-refractivity contribution in [2.45, 2.75) is 38.5 Å². The van der Waals surface area contributed by atoms with Crippen molar-refractivity contribution >= 4 is 11.9 Å². The molecule has 0 saturated heterocycles. The van der Waals surface area contributed by atoms with Crippen LogP contribution in [0, 0.1) is 0 Å². The quantitative estimate of drug-likeness (QED) is 0.593. The molecule has 0 unspecified atom stereocenters. The Bertz CT molecular complexity index is 258. The molecule has 4 heteroatoms. The van der Waals surface area contributed by atoms with Crippen LogP contribution in [0.5, 0.6) is 0 Å². The molecular formula is C12H18O4. The highest BCUT2D eigenvalue weighted by molar-refractivity contribution is 5.81. The lowest BCUT2D eigenvalue weighted by molar-refractivity contribution is -0.144. The van der Waals surface area contributed by atoms with Crippen LogP contribution in [0.15, 0.2) is 12.2 Å². The molecule has 0 aromatic rings. The molecule has 4 nitrogen and oxygen atoms in total. The largest absolute Gasteiger partial charge is 0.466 e. The average Bonchev–Trinajstić information content (AvgIpc) is 2.27. The van der Waals surface area contributed by atoms with Crippen LogP contribution in [0.2, 0.25) is 0 Å². The number of rotatable bonds is 0. The molecule has 16 heavy (non-hydrogen) atoms. The minimum absolute atomic E-state index is 0.127. The maximum Gasteiger partial charge on any atom is 0.330 e. The second-order valence-corrected chi connectivity index (χ2v) is 3.74. The number of esters is 2. The van der Waals surface area contributed by atoms with Gasteiger partial charge in [-0.05, 0) is 32.1 Å². The van der Waals surface area contributed by atoms with Crippen molar-refractivity contribution in [3.63, 3.8) is 0 Å². The van der Waals surface area contributed by atoms with Crippen LogP contribution in [-0.2, 0) is 19.1 Å². The third-order valence-corrected chi connectivity index (χ3v) is 2.30. The Kier molecular flexibility index (Phi) is 6.30. The van der Waals surface area contributed by atoms with Gasteiger partial charge in [0.15, 0.2) is 0 Å². The van der Waals surface area contributed by atoms with Gasteiger partial charge in [-0.2, -0.15) is 0 Å². The first-order valence-electron chi connectivity index (χ1n) is 5.78. The lowest BCUT2D eigenvalue weighted by Crippen LogP contribution is -2.08. The molecule has 0 N–H and O–H groups in total. The van der Waals surface area contributed by atoms with E-state index in [1.54, 1.807) is 6.08 Å². The monoisotopic (exact) mass is 226 g/mol. The smallest absolute Gasteiger partial charge is 0.330 e. The number of carbonyl (C=O) groups is 2. The molecule has 0 amide bonds. The van der Waals surface area contributed by atoms with E-state index >= 15 is 0 Å². The SMILES string of the molecule is O=C1/C=C\CCCCC(=O)OCCCCO1. The molecule has 90 valence electrons. The van der Waals surface area contributed by atoms with E-state index in [4.69, 9.17) is 9.47 Å². The van der Waals surface area contributed by atoms with Crippen molar-refractivity contribution in [2.24, 2.45) is 0 Å². The summed E-state index contributed by atoms with van der Waals surface area (Å²) in [6.45, 7) is 0.812. The first-order valence-corrected chi connectivity index (χ1v) is 5.78. The minimum Gasteiger partial charge on any atom is -0.466 e. The molecule has 0 bridgehead atoms. The summed E-state index contributed by atoms with van der Waals surface area (Å²) in [6, 6.07) is 0. The van der Waals surface area contributed by atoms with Crippen molar-refractivity contribution in [3.8, 4) is 0 Å². The van der Waals surface area contributed by atoms with Gasteiger partial charge in [0.05, 0.1) is 13.2 Å². The summed E-state index contributed by atoms with van der Waals surface area (Å²) in [7, 11) is 0. The van der Waals surface area contributed by atoms with E-state index in [2.05, 4.69) is 0 Å². The zero-order valence-corrected chi connectivity index (χ0v) is 9.44. The number of cyclic esters (lactones) is 2. The average molecular weight is 226 g/mol. The van der Waals surface area contributed by atoms with Crippen molar-refractivity contribution in [1.82, 2.24) is 0 Å². The third-order valence-electron chi connectivity index (χ3n) is 2.30. The van der Waals surface area contributed by atoms with Crippen LogP contribution in [0.25, 0.3) is 0 Å². The number of hydrogen-bond acceptors (Lipinski definition) is 4. The standard InChI is InChI=1S/C12H18O4/c13-11-7-3-1-2-4-8-12(14)16-10-6-5-9-15-11/h3,7H,1-2,4-6,8-10H2/b7-3-. The second kappa shape index (κ2) is 7.91. The summed E-state index contributed by atoms with van der Waals surface area (Å²) in [4.78, 5) is 22.3. The molecular weight excluding hydrogens is 208 g/mol. The molecule has 0 aromatic heterocycles. The van der Waals surface area contributed by atoms with Crippen molar-refractivity contribution in [3.05, 3.63) is 12.2 Å². The van der Waals surface area contributed by atoms with Gasteiger partial charge in [0, 0.05) is 12.5 Å². The van der Waals surface area contributed by atoms with Crippen LogP contribution < -0.4 is 0 Å². The van der Waals surface area contributed by atoms with E-state index in [0.717, 1.165) is 32.1 Å². The van der Waals surface area contributed by atoms with Gasteiger partial charge in [0.1, 0.15) is 0 Å². The molecule has 1 aliphatic heterocycles. The summed E-state index contributed by atoms with van der Waals surface area (Å²) in [5, 5.41) is 0. The fourth-order valence-corrected chi connectivity index (χ4v) is 1.39. The Labute approximate surface area is 95.6 Å². The van der Waals surface area contributed by atoms with Crippen LogP contribution in [0.1, 0.15) is 38.5 Å². The van der Waals surface area contributed by atoms with E-state index < -0.39 is 0 Å². The molecule has 1 rings (SSSR count). The molecule has 0 aromatic carbocycles. The maximum atomic E-state index is 11.2. The number of ether oxygens (including phenoxy) is 2. The topological polar surface area (TPSA) is 52.6 Å². The van der Waals surface area contributed by atoms with Crippen molar-refractivity contribution in [2.75, 3.05) is 13.2 Å². The molecule has 0 radical (unpaired) electrons. The highest BCUT2D eigenvalue weighted by atomic mass is 16.5. The summed E-state index contributed by atoms with van der Waals surface area (Å²) in [5.41, 5.74) is 0. The Balaban J connectivity index is 2.32. The first-order chi connectivity index (χ1) is 7.79. The first kappa shape index (κ1) is 12.7. The van der Waals surface area contributed by atoms with Gasteiger partial charge in [0.2, 0.25) is 0 Å². The van der Waals surface area contributed by atoms with E-state index in [-0.39, 0.29) is 11.9 Å². The maximum absolute atomic E-state index is 11.2. The fourth-order valence-electron chi connectivity index (χ4n) is 1.39. The van der Waals surface area contributed by atoms with E-state index in [0.29, 0.717) is 19.6 Å². The Morgan fingerprint density at radius 2 is 1.69 bits per heavy atom. The Morgan fingerprint density at radius 3 is 2.50 bits per heavy atom. The molecule has 0 spiro atoms. The molecule has 0 fully saturated rings. The van der Waals surface area contributed by atoms with E-state index in [1.807, 2.05) is 0 Å². The highest BCUT2D eigenvalue weighted by Gasteiger charge is 2.03. The van der Waals surface area contributed by atoms with Crippen LogP contribution >= 0.6 is 0 Å². The number of hydrogen-bond donors (Lipinski definition) is 0. The van der Waals surface area contributed by atoms with Gasteiger partial charge < -0.3 is 9.47 Å². The number of carbonyl (C=O) groups excluding carboxylic acids is 2. The summed E-state index contributed by atoms with van der Waals surface area (Å²) < 4.78 is 9.96. The van der Waals surface area contributed by atoms with Crippen LogP contribution in [0.3, 0.4) is 0 Å². The summed E-state index contributed by atoms with van der Waals surface area (Å²) in [6.07, 6.45) is 7.68. The Hall–Kier alpha value is -1.32. The van der Waals surface area contributed by atoms with Crippen molar-refractivity contribution < 1.29 is 19.1 Å². The van der Waals surface area contributed by atoms with E-state index in [9.17, 15) is 9.59 Å². The van der Waals surface area contributed by atoms with Crippen molar-refractivity contribution in [1.29, 1.82) is 0 Å². The molecule has 0 aliphatic carbocycles. The number of allylic oxidation sites excluding steroid dienone is 1. The molecule has 1 heterocycles. The van der Waals surface area contributed by atoms with Gasteiger partial charge in [0.25, 0.3) is 0 Å². The van der Waals surface area contributed by atoms with E-state index in [1.165, 1.54) is 6.08 Å². The zero-order chi connectivity index (χ0) is 11.6. The van der Waals surface area contributed by atoms with Crippen LogP contribution in [-0.4, -0.2) is 25.2 Å². The third kappa shape index (κ3) is 6.22. The molecule has 0 saturated carbocycles. The van der Waals surface area contributed by atoms with Gasteiger partial charge in [-0.15, -0.1) is 0 Å². The van der Waals surface area contributed by atoms with Gasteiger partial charge in [-0.1, -0.05) is 6.08 Å². The van der Waals surface area contributed by atoms with Crippen LogP contribution in [0.4, 0.5) is 0 Å². The lowest BCUT2D eigenvalue weighted by Gasteiger charge is -2.06. The zero-order valence-electron chi connectivity index (χ0n) is 9.44. The minimum atomic E-state index is -0.283. The fraction of sp³-hybridized carbons (Fsp3) is 0.667. The van der Waals surface area contributed by atoms with Gasteiger partial charge in [-0.25, -0.2) is 4.79 Å². The highest BCUT2D eigenvalue weighted by Crippen LogP contribution is 2.04. The summed E-state index contributed by atoms with van der Waals surface area (Å²) >= 11 is 0. The lowest BCUT2D eigenvalue weighted by atomic mass is 10.2. The second-order valence-electron chi connectivity index (χ2n) is 3.74. The predicted octanol–water partition coefficient (Wildman–Crippen LogP) is 1.98. The van der Waals surface area contributed by atoms with Gasteiger partial charge >= 0.3 is 11.9 Å². The van der Waals surface area contributed by atoms with Gasteiger partial charge in [-0.3, -0.25) is 4.79 Å². The normalized spacial score (nSPS) is 22.8.